The van der Waals surface area contributed by atoms with Crippen molar-refractivity contribution in [3.05, 3.63) is 0 Å². The van der Waals surface area contributed by atoms with Crippen LogP contribution in [0.15, 0.2) is 0 Å². The summed E-state index contributed by atoms with van der Waals surface area (Å²) in [4.78, 5) is 0. The van der Waals surface area contributed by atoms with Gasteiger partial charge in [-0.2, -0.15) is 0 Å². The smallest absolute Gasteiger partial charge is 0.210 e. The van der Waals surface area contributed by atoms with Crippen molar-refractivity contribution in [2.75, 3.05) is 11.8 Å². The Balaban J connectivity index is 4.17. The van der Waals surface area contributed by atoms with Gasteiger partial charge in [-0.1, -0.05) is 0 Å². The Morgan fingerprint density at radius 1 is 1.56 bits per heavy atom. The van der Waals surface area contributed by atoms with Gasteiger partial charge in [-0.3, -0.25) is 0 Å². The average molecular weight is 192 g/mol. The third kappa shape index (κ3) is 2.71. The molecule has 0 radical (unpaired) electrons. The van der Waals surface area contributed by atoms with Gasteiger partial charge < -0.3 is 0 Å². The van der Waals surface area contributed by atoms with Gasteiger partial charge in [0.05, 0.1) is 0 Å². The van der Waals surface area contributed by atoms with E-state index in [4.69, 9.17) is 23.4 Å². The van der Waals surface area contributed by atoms with Gasteiger partial charge in [0.2, 0.25) is 10.0 Å². The quantitative estimate of drug-likeness (QED) is 0.493. The highest BCUT2D eigenvalue weighted by Gasteiger charge is 2.15. The minimum Gasteiger partial charge on any atom is -0.210 e. The van der Waals surface area contributed by atoms with Crippen LogP contribution in [0.2, 0.25) is 0 Å². The maximum absolute atomic E-state index is 10.6. The molecule has 0 spiro atoms. The van der Waals surface area contributed by atoms with Crippen molar-refractivity contribution in [1.82, 2.24) is 3.82 Å². The Morgan fingerprint density at radius 3 is 2.11 bits per heavy atom. The van der Waals surface area contributed by atoms with Gasteiger partial charge in [-0.05, 0) is 18.7 Å². The molecule has 0 amide bonds. The standard InChI is InChI=1S/C3H7Cl2NO2S/c1-2-6(5)9(7,8)3-4/h2-3H2,1H3. The maximum atomic E-state index is 10.6. The Kier molecular flexibility index (Phi) is 3.80. The summed E-state index contributed by atoms with van der Waals surface area (Å²) in [5.74, 6) is 0. The number of nitrogens with zero attached hydrogens (tertiary/aromatic N) is 1. The summed E-state index contributed by atoms with van der Waals surface area (Å²) < 4.78 is 21.9. The van der Waals surface area contributed by atoms with Crippen molar-refractivity contribution in [2.24, 2.45) is 0 Å². The highest BCUT2D eigenvalue weighted by atomic mass is 35.5. The number of halogens is 2. The molecule has 56 valence electrons. The number of alkyl halides is 1. The van der Waals surface area contributed by atoms with Crippen molar-refractivity contribution >= 4 is 33.4 Å². The Morgan fingerprint density at radius 2 is 2.00 bits per heavy atom. The lowest BCUT2D eigenvalue weighted by Crippen LogP contribution is -2.21. The minimum atomic E-state index is -3.38. The Labute approximate surface area is 64.7 Å². The second-order valence-corrected chi connectivity index (χ2v) is 4.41. The molecule has 3 nitrogen and oxygen atoms in total. The lowest BCUT2D eigenvalue weighted by atomic mass is 10.8. The van der Waals surface area contributed by atoms with Gasteiger partial charge in [0.25, 0.3) is 0 Å². The molecule has 0 aromatic heterocycles. The SMILES string of the molecule is CCN(Cl)S(=O)(=O)CCl. The normalized spacial score (nSPS) is 12.4. The molecule has 0 aromatic rings. The van der Waals surface area contributed by atoms with Crippen molar-refractivity contribution in [3.63, 3.8) is 0 Å². The summed E-state index contributed by atoms with van der Waals surface area (Å²) >= 11 is 10.3. The van der Waals surface area contributed by atoms with Gasteiger partial charge in [0.1, 0.15) is 5.21 Å². The van der Waals surface area contributed by atoms with E-state index in [1.165, 1.54) is 0 Å². The Bertz CT molecular complexity index is 167. The van der Waals surface area contributed by atoms with E-state index in [2.05, 4.69) is 0 Å². The second kappa shape index (κ2) is 3.61. The zero-order valence-corrected chi connectivity index (χ0v) is 7.17. The molecule has 0 rings (SSSR count). The van der Waals surface area contributed by atoms with E-state index >= 15 is 0 Å². The van der Waals surface area contributed by atoms with E-state index < -0.39 is 15.2 Å². The fourth-order valence-corrected chi connectivity index (χ4v) is 1.40. The monoisotopic (exact) mass is 191 g/mol. The van der Waals surface area contributed by atoms with Crippen molar-refractivity contribution in [2.45, 2.75) is 6.92 Å². The molecule has 0 bridgehead atoms. The van der Waals surface area contributed by atoms with Crippen LogP contribution >= 0.6 is 23.4 Å². The molecule has 6 heteroatoms. The topological polar surface area (TPSA) is 37.4 Å². The van der Waals surface area contributed by atoms with Gasteiger partial charge in [-0.25, -0.2) is 8.42 Å². The molecular formula is C3H7Cl2NO2S. The predicted molar refractivity (Wildman–Crippen MR) is 37.9 cm³/mol. The van der Waals surface area contributed by atoms with E-state index in [0.29, 0.717) is 3.82 Å². The van der Waals surface area contributed by atoms with Crippen LogP contribution in [0.5, 0.6) is 0 Å². The van der Waals surface area contributed by atoms with Crippen molar-refractivity contribution in [3.8, 4) is 0 Å². The fourth-order valence-electron chi connectivity index (χ4n) is 0.250. The lowest BCUT2D eigenvalue weighted by molar-refractivity contribution is 0.550. The Hall–Kier alpha value is 0.490. The van der Waals surface area contributed by atoms with Crippen molar-refractivity contribution < 1.29 is 8.42 Å². The first-order chi connectivity index (χ1) is 4.04. The minimum absolute atomic E-state index is 0.233. The molecule has 0 saturated carbocycles. The highest BCUT2D eigenvalue weighted by Crippen LogP contribution is 2.05. The second-order valence-electron chi connectivity index (χ2n) is 1.32. The number of hydrogen-bond donors (Lipinski definition) is 0. The summed E-state index contributed by atoms with van der Waals surface area (Å²) in [5.41, 5.74) is 0. The lowest BCUT2D eigenvalue weighted by Gasteiger charge is -2.07. The zero-order valence-electron chi connectivity index (χ0n) is 4.84. The van der Waals surface area contributed by atoms with Crippen LogP contribution in [0, 0.1) is 0 Å². The molecule has 0 aromatic carbocycles. The molecule has 0 aliphatic heterocycles. The predicted octanol–water partition coefficient (Wildman–Crippen LogP) is 0.988. The summed E-state index contributed by atoms with van der Waals surface area (Å²) in [6, 6.07) is 0. The van der Waals surface area contributed by atoms with Crippen molar-refractivity contribution in [1.29, 1.82) is 0 Å². The molecule has 0 fully saturated rings. The van der Waals surface area contributed by atoms with Crippen LogP contribution in [-0.4, -0.2) is 24.0 Å². The molecule has 0 unspecified atom stereocenters. The van der Waals surface area contributed by atoms with Crippen LogP contribution < -0.4 is 0 Å². The first-order valence-electron chi connectivity index (χ1n) is 2.26. The molecule has 9 heavy (non-hydrogen) atoms. The zero-order chi connectivity index (χ0) is 7.49. The molecule has 0 atom stereocenters. The molecule has 0 heterocycles. The molecule has 0 N–H and O–H groups in total. The van der Waals surface area contributed by atoms with E-state index in [9.17, 15) is 8.42 Å². The average Bonchev–Trinajstić information content (AvgIpc) is 1.86. The summed E-state index contributed by atoms with van der Waals surface area (Å²) in [5, 5.41) is -0.468. The largest absolute Gasteiger partial charge is 0.241 e. The third-order valence-corrected chi connectivity index (χ3v) is 3.52. The van der Waals surface area contributed by atoms with Crippen LogP contribution in [0.4, 0.5) is 0 Å². The van der Waals surface area contributed by atoms with E-state index in [1.807, 2.05) is 0 Å². The van der Waals surface area contributed by atoms with Gasteiger partial charge >= 0.3 is 0 Å². The summed E-state index contributed by atoms with van der Waals surface area (Å²) in [6.45, 7) is 1.85. The first-order valence-corrected chi connectivity index (χ1v) is 4.75. The van der Waals surface area contributed by atoms with Gasteiger partial charge in [0.15, 0.2) is 0 Å². The number of rotatable bonds is 3. The van der Waals surface area contributed by atoms with Crippen LogP contribution in [-0.2, 0) is 10.0 Å². The van der Waals surface area contributed by atoms with E-state index in [1.54, 1.807) is 6.92 Å². The summed E-state index contributed by atoms with van der Waals surface area (Å²) in [7, 11) is -3.38. The summed E-state index contributed by atoms with van der Waals surface area (Å²) in [6.07, 6.45) is 0. The molecular weight excluding hydrogens is 185 g/mol. The number of hydrogen-bond acceptors (Lipinski definition) is 2. The van der Waals surface area contributed by atoms with Gasteiger partial charge in [-0.15, -0.1) is 15.4 Å². The van der Waals surface area contributed by atoms with Crippen LogP contribution in [0.3, 0.4) is 0 Å². The molecule has 0 saturated heterocycles. The highest BCUT2D eigenvalue weighted by molar-refractivity contribution is 7.91. The third-order valence-electron chi connectivity index (χ3n) is 0.688. The number of sulfonamides is 1. The maximum Gasteiger partial charge on any atom is 0.241 e. The van der Waals surface area contributed by atoms with E-state index in [-0.39, 0.29) is 6.54 Å². The van der Waals surface area contributed by atoms with Crippen LogP contribution in [0.25, 0.3) is 0 Å². The molecule has 0 aliphatic carbocycles. The van der Waals surface area contributed by atoms with Gasteiger partial charge in [0, 0.05) is 6.54 Å². The van der Waals surface area contributed by atoms with E-state index in [0.717, 1.165) is 0 Å². The van der Waals surface area contributed by atoms with Crippen LogP contribution in [0.1, 0.15) is 6.92 Å². The molecule has 0 aliphatic rings. The first kappa shape index (κ1) is 9.49. The fraction of sp³-hybridized carbons (Fsp3) is 1.00.